The van der Waals surface area contributed by atoms with Crippen molar-refractivity contribution < 1.29 is 19.1 Å². The van der Waals surface area contributed by atoms with Crippen LogP contribution in [0.3, 0.4) is 0 Å². The molecule has 1 aliphatic heterocycles. The van der Waals surface area contributed by atoms with E-state index in [4.69, 9.17) is 4.74 Å². The van der Waals surface area contributed by atoms with Crippen molar-refractivity contribution in [3.63, 3.8) is 0 Å². The first-order chi connectivity index (χ1) is 15.1. The Morgan fingerprint density at radius 3 is 2.68 bits per heavy atom. The molecule has 2 aliphatic rings. The van der Waals surface area contributed by atoms with Gasteiger partial charge in [0.15, 0.2) is 0 Å². The summed E-state index contributed by atoms with van der Waals surface area (Å²) in [5, 5.41) is 5.30. The van der Waals surface area contributed by atoms with Gasteiger partial charge in [-0.05, 0) is 61.4 Å². The fraction of sp³-hybridized carbons (Fsp3) is 0.375. The topological polar surface area (TPSA) is 87.7 Å². The van der Waals surface area contributed by atoms with Gasteiger partial charge in [0.25, 0.3) is 0 Å². The number of rotatable bonds is 6. The van der Waals surface area contributed by atoms with Crippen molar-refractivity contribution >= 4 is 29.1 Å². The highest BCUT2D eigenvalue weighted by molar-refractivity contribution is 6.39. The molecule has 0 atom stereocenters. The molecule has 0 unspecified atom stereocenters. The number of carbonyl (C=O) groups excluding carboxylic acids is 3. The number of para-hydroxylation sites is 1. The van der Waals surface area contributed by atoms with Gasteiger partial charge in [-0.1, -0.05) is 24.3 Å². The second-order valence-electron chi connectivity index (χ2n) is 7.98. The Kier molecular flexibility index (Phi) is 6.21. The lowest BCUT2D eigenvalue weighted by molar-refractivity contribution is -0.136. The van der Waals surface area contributed by atoms with Crippen LogP contribution in [0.1, 0.15) is 30.4 Å². The quantitative estimate of drug-likeness (QED) is 0.702. The maximum absolute atomic E-state index is 12.6. The van der Waals surface area contributed by atoms with Gasteiger partial charge in [0.05, 0.1) is 7.11 Å². The second kappa shape index (κ2) is 9.20. The molecule has 0 aromatic heterocycles. The lowest BCUT2D eigenvalue weighted by Crippen LogP contribution is -2.37. The summed E-state index contributed by atoms with van der Waals surface area (Å²) in [4.78, 5) is 39.0. The molecule has 2 aromatic carbocycles. The largest absolute Gasteiger partial charge is 0.496 e. The monoisotopic (exact) mass is 421 g/mol. The first kappa shape index (κ1) is 20.9. The molecular formula is C24H27N3O4. The molecule has 2 N–H and O–H groups in total. The molecule has 1 saturated carbocycles. The number of hydrogen-bond acceptors (Lipinski definition) is 4. The van der Waals surface area contributed by atoms with E-state index in [-0.39, 0.29) is 11.8 Å². The van der Waals surface area contributed by atoms with Crippen LogP contribution in [0, 0.1) is 5.92 Å². The maximum Gasteiger partial charge on any atom is 0.313 e. The van der Waals surface area contributed by atoms with Crippen LogP contribution in [0.2, 0.25) is 0 Å². The van der Waals surface area contributed by atoms with E-state index in [1.54, 1.807) is 19.2 Å². The molecule has 4 rings (SSSR count). The van der Waals surface area contributed by atoms with Crippen LogP contribution < -0.4 is 20.3 Å². The molecular weight excluding hydrogens is 394 g/mol. The number of fused-ring (bicyclic) bond motifs is 1. The molecule has 1 heterocycles. The summed E-state index contributed by atoms with van der Waals surface area (Å²) in [6.45, 7) is 1.02. The number of methoxy groups -OCH3 is 1. The predicted octanol–water partition coefficient (Wildman–Crippen LogP) is 2.68. The third-order valence-electron chi connectivity index (χ3n) is 5.73. The van der Waals surface area contributed by atoms with Crippen LogP contribution >= 0.6 is 0 Å². The predicted molar refractivity (Wildman–Crippen MR) is 118 cm³/mol. The van der Waals surface area contributed by atoms with Crippen LogP contribution in [-0.2, 0) is 27.2 Å². The summed E-state index contributed by atoms with van der Waals surface area (Å²) in [6.07, 6.45) is 4.31. The van der Waals surface area contributed by atoms with Gasteiger partial charge in [-0.25, -0.2) is 0 Å². The Balaban J connectivity index is 1.35. The van der Waals surface area contributed by atoms with Crippen molar-refractivity contribution in [2.45, 2.75) is 32.1 Å². The van der Waals surface area contributed by atoms with Gasteiger partial charge in [0.1, 0.15) is 5.75 Å². The van der Waals surface area contributed by atoms with Gasteiger partial charge in [-0.15, -0.1) is 0 Å². The molecule has 7 heteroatoms. The zero-order valence-electron chi connectivity index (χ0n) is 17.6. The van der Waals surface area contributed by atoms with Crippen LogP contribution in [0.5, 0.6) is 5.75 Å². The number of ether oxygens (including phenoxy) is 1. The molecule has 7 nitrogen and oxygen atoms in total. The zero-order valence-corrected chi connectivity index (χ0v) is 17.6. The van der Waals surface area contributed by atoms with Crippen LogP contribution in [0.4, 0.5) is 11.4 Å². The molecule has 0 saturated heterocycles. The molecule has 0 radical (unpaired) electrons. The molecule has 3 amide bonds. The lowest BCUT2D eigenvalue weighted by atomic mass is 10.0. The number of nitrogens with one attached hydrogen (secondary N) is 2. The summed E-state index contributed by atoms with van der Waals surface area (Å²) >= 11 is 0. The van der Waals surface area contributed by atoms with E-state index in [1.807, 2.05) is 35.2 Å². The Hall–Kier alpha value is -3.35. The average molecular weight is 421 g/mol. The number of benzene rings is 2. The number of hydrogen-bond donors (Lipinski definition) is 2. The fourth-order valence-electron chi connectivity index (χ4n) is 3.92. The summed E-state index contributed by atoms with van der Waals surface area (Å²) in [7, 11) is 1.60. The minimum absolute atomic E-state index is 0.137. The Bertz CT molecular complexity index is 1000. The van der Waals surface area contributed by atoms with Crippen molar-refractivity contribution in [2.75, 3.05) is 30.4 Å². The molecule has 0 spiro atoms. The van der Waals surface area contributed by atoms with E-state index in [2.05, 4.69) is 10.6 Å². The van der Waals surface area contributed by atoms with Gasteiger partial charge in [0, 0.05) is 30.4 Å². The maximum atomic E-state index is 12.6. The van der Waals surface area contributed by atoms with Crippen molar-refractivity contribution in [1.82, 2.24) is 5.32 Å². The SMILES string of the molecule is COc1ccccc1CCNC(=O)C(=O)Nc1ccc2c(c1)N(C(=O)C1CC1)CCC2. The van der Waals surface area contributed by atoms with E-state index in [0.29, 0.717) is 25.2 Å². The highest BCUT2D eigenvalue weighted by Gasteiger charge is 2.35. The Morgan fingerprint density at radius 2 is 1.90 bits per heavy atom. The number of amides is 3. The number of nitrogens with zero attached hydrogens (tertiary/aromatic N) is 1. The highest BCUT2D eigenvalue weighted by atomic mass is 16.5. The molecule has 162 valence electrons. The minimum Gasteiger partial charge on any atom is -0.496 e. The average Bonchev–Trinajstić information content (AvgIpc) is 3.64. The Morgan fingerprint density at radius 1 is 1.10 bits per heavy atom. The molecule has 0 bridgehead atoms. The van der Waals surface area contributed by atoms with E-state index < -0.39 is 11.8 Å². The summed E-state index contributed by atoms with van der Waals surface area (Å²) in [5.41, 5.74) is 3.41. The van der Waals surface area contributed by atoms with Gasteiger partial charge in [-0.3, -0.25) is 14.4 Å². The third kappa shape index (κ3) is 4.87. The van der Waals surface area contributed by atoms with E-state index in [0.717, 1.165) is 48.2 Å². The van der Waals surface area contributed by atoms with Crippen molar-refractivity contribution in [3.05, 3.63) is 53.6 Å². The van der Waals surface area contributed by atoms with E-state index in [1.165, 1.54) is 0 Å². The molecule has 2 aromatic rings. The van der Waals surface area contributed by atoms with Crippen molar-refractivity contribution in [1.29, 1.82) is 0 Å². The summed E-state index contributed by atoms with van der Waals surface area (Å²) in [5.74, 6) is -0.369. The minimum atomic E-state index is -0.726. The first-order valence-electron chi connectivity index (χ1n) is 10.7. The van der Waals surface area contributed by atoms with Crippen molar-refractivity contribution in [3.8, 4) is 5.75 Å². The zero-order chi connectivity index (χ0) is 21.8. The highest BCUT2D eigenvalue weighted by Crippen LogP contribution is 2.36. The molecule has 31 heavy (non-hydrogen) atoms. The summed E-state index contributed by atoms with van der Waals surface area (Å²) in [6, 6.07) is 13.1. The fourth-order valence-corrected chi connectivity index (χ4v) is 3.92. The smallest absolute Gasteiger partial charge is 0.313 e. The molecule has 1 aliphatic carbocycles. The van der Waals surface area contributed by atoms with Gasteiger partial charge >= 0.3 is 11.8 Å². The number of anilines is 2. The van der Waals surface area contributed by atoms with E-state index >= 15 is 0 Å². The standard InChI is InChI=1S/C24H27N3O4/c1-31-21-7-3-2-5-17(21)12-13-25-22(28)23(29)26-19-11-10-16-6-4-14-27(20(16)15-19)24(30)18-8-9-18/h2-3,5,7,10-11,15,18H,4,6,8-9,12-14H2,1H3,(H,25,28)(H,26,29). The van der Waals surface area contributed by atoms with Gasteiger partial charge in [0.2, 0.25) is 5.91 Å². The normalized spacial score (nSPS) is 15.1. The number of carbonyl (C=O) groups is 3. The van der Waals surface area contributed by atoms with E-state index in [9.17, 15) is 14.4 Å². The van der Waals surface area contributed by atoms with Gasteiger partial charge in [-0.2, -0.15) is 0 Å². The van der Waals surface area contributed by atoms with Gasteiger partial charge < -0.3 is 20.3 Å². The second-order valence-corrected chi connectivity index (χ2v) is 7.98. The van der Waals surface area contributed by atoms with Crippen LogP contribution in [0.25, 0.3) is 0 Å². The third-order valence-corrected chi connectivity index (χ3v) is 5.73. The molecule has 1 fully saturated rings. The lowest BCUT2D eigenvalue weighted by Gasteiger charge is -2.30. The summed E-state index contributed by atoms with van der Waals surface area (Å²) < 4.78 is 5.30. The first-order valence-corrected chi connectivity index (χ1v) is 10.7. The van der Waals surface area contributed by atoms with Crippen LogP contribution in [-0.4, -0.2) is 37.9 Å². The Labute approximate surface area is 181 Å². The van der Waals surface area contributed by atoms with Crippen LogP contribution in [0.15, 0.2) is 42.5 Å². The number of aryl methyl sites for hydroxylation is 1. The van der Waals surface area contributed by atoms with Crippen molar-refractivity contribution in [2.24, 2.45) is 5.92 Å².